The van der Waals surface area contributed by atoms with Gasteiger partial charge >= 0.3 is 5.97 Å². The second kappa shape index (κ2) is 10.4. The Balaban J connectivity index is 1.73. The van der Waals surface area contributed by atoms with Gasteiger partial charge in [0.25, 0.3) is 5.56 Å². The van der Waals surface area contributed by atoms with Crippen molar-refractivity contribution in [1.29, 1.82) is 0 Å². The molecule has 184 valence electrons. The molecule has 0 radical (unpaired) electrons. The van der Waals surface area contributed by atoms with E-state index in [0.29, 0.717) is 5.56 Å². The number of esters is 1. The molecule has 4 atom stereocenters. The first-order chi connectivity index (χ1) is 16.8. The van der Waals surface area contributed by atoms with E-state index in [1.807, 2.05) is 0 Å². The van der Waals surface area contributed by atoms with E-state index in [4.69, 9.17) is 9.47 Å². The van der Waals surface area contributed by atoms with E-state index < -0.39 is 41.8 Å². The molecule has 1 aromatic carbocycles. The predicted molar refractivity (Wildman–Crippen MR) is 129 cm³/mol. The molecule has 3 heterocycles. The summed E-state index contributed by atoms with van der Waals surface area (Å²) < 4.78 is 13.0. The molecule has 35 heavy (non-hydrogen) atoms. The number of hydrogen-bond donors (Lipinski definition) is 2. The summed E-state index contributed by atoms with van der Waals surface area (Å²) in [6.45, 7) is 0.820. The molecule has 1 fully saturated rings. The number of H-pyrrole nitrogens is 1. The molecule has 0 aliphatic carbocycles. The highest BCUT2D eigenvalue weighted by Gasteiger charge is 2.49. The number of aromatic nitrogens is 4. The minimum Gasteiger partial charge on any atom is -0.456 e. The highest BCUT2D eigenvalue weighted by atomic mass is 32.2. The van der Waals surface area contributed by atoms with Crippen LogP contribution in [0.4, 0.5) is 5.95 Å². The molecular weight excluding hydrogens is 476 g/mol. The van der Waals surface area contributed by atoms with Crippen LogP contribution in [-0.2, 0) is 14.3 Å². The van der Waals surface area contributed by atoms with Crippen LogP contribution in [0.3, 0.4) is 0 Å². The molecule has 1 aliphatic rings. The number of thioether (sulfide) groups is 1. The van der Waals surface area contributed by atoms with Crippen LogP contribution in [-0.4, -0.2) is 85.1 Å². The second-order valence-electron chi connectivity index (χ2n) is 7.98. The number of carbonyl (C=O) groups excluding carboxylic acids is 2. The number of benzene rings is 1. The lowest BCUT2D eigenvalue weighted by Crippen LogP contribution is -2.35. The van der Waals surface area contributed by atoms with Crippen LogP contribution in [0.2, 0.25) is 0 Å². The number of nitrogens with one attached hydrogen (secondary N) is 1. The summed E-state index contributed by atoms with van der Waals surface area (Å²) in [5, 5.41) is 9.01. The molecule has 0 amide bonds. The van der Waals surface area contributed by atoms with Crippen molar-refractivity contribution >= 4 is 46.3 Å². The van der Waals surface area contributed by atoms with Crippen LogP contribution in [0.25, 0.3) is 11.2 Å². The number of aliphatic imine (C=N–C) groups is 1. The third-order valence-electron chi connectivity index (χ3n) is 5.13. The minimum absolute atomic E-state index is 0.0380. The average Bonchev–Trinajstić information content (AvgIpc) is 3.39. The molecule has 12 nitrogen and oxygen atoms in total. The third-order valence-corrected chi connectivity index (χ3v) is 6.42. The number of imidazole rings is 1. The molecular formula is C22H24N6O6S. The normalized spacial score (nSPS) is 22.1. The zero-order valence-corrected chi connectivity index (χ0v) is 20.0. The number of carbonyl (C=O) groups is 2. The summed E-state index contributed by atoms with van der Waals surface area (Å²) in [6.07, 6.45) is 0.000242. The topological polar surface area (TPSA) is 152 Å². The van der Waals surface area contributed by atoms with Crippen molar-refractivity contribution in [2.24, 2.45) is 4.99 Å². The Morgan fingerprint density at radius 3 is 2.74 bits per heavy atom. The van der Waals surface area contributed by atoms with E-state index in [9.17, 15) is 19.5 Å². The first kappa shape index (κ1) is 24.6. The summed E-state index contributed by atoms with van der Waals surface area (Å²) in [7, 11) is 3.54. The molecule has 4 rings (SSSR count). The average molecular weight is 501 g/mol. The van der Waals surface area contributed by atoms with Gasteiger partial charge in [-0.05, 0) is 0 Å². The molecule has 0 spiro atoms. The number of aromatic amines is 1. The number of aliphatic hydroxyl groups excluding tert-OH is 1. The standard InChI is InChI=1S/C22H24N6O6S/c1-12(30)33-16-17(35-21(32)13-7-5-4-6-8-13)14(9-29)34-20(16)28-11-23-15-18(28)25-22(26-19(15)31)24-10-27(2)3/h4-8,10-11,14,16-17,20,29H,9H2,1-3H3,(H,25,26,31)/b24-10-/t14-,16-,17-,20-/m1/s1. The fraction of sp³-hybridized carbons (Fsp3) is 0.364. The van der Waals surface area contributed by atoms with E-state index in [1.54, 1.807) is 49.3 Å². The first-order valence-electron chi connectivity index (χ1n) is 10.7. The SMILES string of the molecule is CC(=O)O[C@@H]1[C@H](SC(=O)c2ccccc2)[C@@H](CO)O[C@H]1n1cnc2c(=O)[nH]c(/N=C\N(C)C)nc21. The largest absolute Gasteiger partial charge is 0.456 e. The van der Waals surface area contributed by atoms with Gasteiger partial charge in [0.15, 0.2) is 23.5 Å². The van der Waals surface area contributed by atoms with Crippen LogP contribution >= 0.6 is 11.8 Å². The van der Waals surface area contributed by atoms with E-state index in [0.717, 1.165) is 11.8 Å². The number of nitrogens with zero attached hydrogens (tertiary/aromatic N) is 5. The van der Waals surface area contributed by atoms with Gasteiger partial charge < -0.3 is 19.5 Å². The first-order valence-corrected chi connectivity index (χ1v) is 11.5. The Bertz CT molecular complexity index is 1310. The van der Waals surface area contributed by atoms with E-state index in [2.05, 4.69) is 19.9 Å². The van der Waals surface area contributed by atoms with E-state index >= 15 is 0 Å². The summed E-state index contributed by atoms with van der Waals surface area (Å²) in [5.41, 5.74) is 0.143. The van der Waals surface area contributed by atoms with Crippen LogP contribution in [0.5, 0.6) is 0 Å². The van der Waals surface area contributed by atoms with Gasteiger partial charge in [-0.3, -0.25) is 23.9 Å². The molecule has 1 saturated heterocycles. The van der Waals surface area contributed by atoms with E-state index in [1.165, 1.54) is 24.2 Å². The summed E-state index contributed by atoms with van der Waals surface area (Å²) in [6, 6.07) is 8.63. The number of fused-ring (bicyclic) bond motifs is 1. The lowest BCUT2D eigenvalue weighted by Gasteiger charge is -2.23. The molecule has 0 saturated carbocycles. The summed E-state index contributed by atoms with van der Waals surface area (Å²) in [4.78, 5) is 54.3. The summed E-state index contributed by atoms with van der Waals surface area (Å²) >= 11 is 0.915. The summed E-state index contributed by atoms with van der Waals surface area (Å²) in [5.74, 6) is -0.546. The maximum atomic E-state index is 12.9. The Morgan fingerprint density at radius 2 is 2.09 bits per heavy atom. The Labute approximate surface area is 204 Å². The molecule has 0 bridgehead atoms. The van der Waals surface area contributed by atoms with Gasteiger partial charge in [0.05, 0.1) is 30.6 Å². The van der Waals surface area contributed by atoms with Crippen LogP contribution < -0.4 is 5.56 Å². The maximum absolute atomic E-state index is 12.9. The smallest absolute Gasteiger partial charge is 0.303 e. The predicted octanol–water partition coefficient (Wildman–Crippen LogP) is 1.10. The number of ether oxygens (including phenoxy) is 2. The molecule has 2 N–H and O–H groups in total. The molecule has 1 aliphatic heterocycles. The number of rotatable bonds is 7. The van der Waals surface area contributed by atoms with Gasteiger partial charge in [-0.15, -0.1) is 0 Å². The van der Waals surface area contributed by atoms with Gasteiger partial charge in [0.1, 0.15) is 0 Å². The lowest BCUT2D eigenvalue weighted by molar-refractivity contribution is -0.152. The zero-order valence-electron chi connectivity index (χ0n) is 19.2. The van der Waals surface area contributed by atoms with Crippen molar-refractivity contribution in [3.63, 3.8) is 0 Å². The van der Waals surface area contributed by atoms with Crippen LogP contribution in [0.15, 0.2) is 46.4 Å². The molecule has 2 aromatic heterocycles. The van der Waals surface area contributed by atoms with Crippen molar-refractivity contribution in [2.75, 3.05) is 20.7 Å². The molecule has 13 heteroatoms. The van der Waals surface area contributed by atoms with Gasteiger partial charge in [0.2, 0.25) is 11.1 Å². The highest BCUT2D eigenvalue weighted by Crippen LogP contribution is 2.40. The van der Waals surface area contributed by atoms with Crippen LogP contribution in [0, 0.1) is 0 Å². The van der Waals surface area contributed by atoms with Gasteiger partial charge in [0, 0.05) is 26.6 Å². The van der Waals surface area contributed by atoms with Crippen molar-refractivity contribution in [1.82, 2.24) is 24.4 Å². The van der Waals surface area contributed by atoms with Crippen molar-refractivity contribution in [2.45, 2.75) is 30.6 Å². The van der Waals surface area contributed by atoms with Gasteiger partial charge in [-0.25, -0.2) is 9.98 Å². The fourth-order valence-corrected chi connectivity index (χ4v) is 4.78. The van der Waals surface area contributed by atoms with Crippen LogP contribution in [0.1, 0.15) is 23.5 Å². The highest BCUT2D eigenvalue weighted by molar-refractivity contribution is 8.14. The van der Waals surface area contributed by atoms with Crippen molar-refractivity contribution in [3.05, 3.63) is 52.6 Å². The maximum Gasteiger partial charge on any atom is 0.303 e. The Morgan fingerprint density at radius 1 is 1.34 bits per heavy atom. The lowest BCUT2D eigenvalue weighted by atomic mass is 10.2. The van der Waals surface area contributed by atoms with Crippen molar-refractivity contribution < 1.29 is 24.2 Å². The monoisotopic (exact) mass is 500 g/mol. The van der Waals surface area contributed by atoms with E-state index in [-0.39, 0.29) is 22.2 Å². The Hall–Kier alpha value is -3.55. The third kappa shape index (κ3) is 5.26. The second-order valence-corrected chi connectivity index (χ2v) is 9.13. The Kier molecular flexibility index (Phi) is 7.28. The molecule has 0 unspecified atom stereocenters. The van der Waals surface area contributed by atoms with Gasteiger partial charge in [-0.2, -0.15) is 4.98 Å². The van der Waals surface area contributed by atoms with Crippen molar-refractivity contribution in [3.8, 4) is 0 Å². The minimum atomic E-state index is -0.998. The van der Waals surface area contributed by atoms with Gasteiger partial charge in [-0.1, -0.05) is 42.1 Å². The zero-order chi connectivity index (χ0) is 25.1. The number of aliphatic hydroxyl groups is 1. The quantitative estimate of drug-likeness (QED) is 0.274. The molecule has 3 aromatic rings. The number of hydrogen-bond acceptors (Lipinski definition) is 10. The fourth-order valence-electron chi connectivity index (χ4n) is 3.64.